The summed E-state index contributed by atoms with van der Waals surface area (Å²) in [7, 11) is 0. The lowest BCUT2D eigenvalue weighted by molar-refractivity contribution is 0.512. The van der Waals surface area contributed by atoms with Gasteiger partial charge < -0.3 is 5.73 Å². The van der Waals surface area contributed by atoms with Crippen LogP contribution in [0.15, 0.2) is 22.7 Å². The molecular formula is C10H13BrIN. The summed E-state index contributed by atoms with van der Waals surface area (Å²) >= 11 is 5.78. The fourth-order valence-electron chi connectivity index (χ4n) is 1.13. The molecular weight excluding hydrogens is 341 g/mol. The van der Waals surface area contributed by atoms with Crippen molar-refractivity contribution in [1.82, 2.24) is 0 Å². The first-order valence-electron chi connectivity index (χ1n) is 4.23. The van der Waals surface area contributed by atoms with Crippen molar-refractivity contribution < 1.29 is 0 Å². The van der Waals surface area contributed by atoms with Gasteiger partial charge in [0, 0.05) is 14.1 Å². The van der Waals surface area contributed by atoms with E-state index in [1.165, 1.54) is 9.13 Å². The molecule has 0 aliphatic heterocycles. The average Bonchev–Trinajstić information content (AvgIpc) is 2.08. The van der Waals surface area contributed by atoms with Crippen LogP contribution >= 0.6 is 38.5 Å². The largest absolute Gasteiger partial charge is 0.324 e. The van der Waals surface area contributed by atoms with Crippen LogP contribution in [-0.2, 0) is 0 Å². The van der Waals surface area contributed by atoms with Crippen molar-refractivity contribution in [3.63, 3.8) is 0 Å². The highest BCUT2D eigenvalue weighted by atomic mass is 127. The zero-order valence-corrected chi connectivity index (χ0v) is 11.5. The highest BCUT2D eigenvalue weighted by Crippen LogP contribution is 2.26. The van der Waals surface area contributed by atoms with E-state index in [4.69, 9.17) is 5.73 Å². The second-order valence-electron chi connectivity index (χ2n) is 3.44. The monoisotopic (exact) mass is 353 g/mol. The minimum absolute atomic E-state index is 0.129. The fourth-order valence-corrected chi connectivity index (χ4v) is 2.20. The number of benzene rings is 1. The van der Waals surface area contributed by atoms with Gasteiger partial charge in [0.1, 0.15) is 0 Å². The van der Waals surface area contributed by atoms with Crippen molar-refractivity contribution >= 4 is 38.5 Å². The molecule has 0 aliphatic rings. The average molecular weight is 354 g/mol. The summed E-state index contributed by atoms with van der Waals surface area (Å²) in [6.07, 6.45) is 0. The Hall–Kier alpha value is 0.390. The van der Waals surface area contributed by atoms with Crippen LogP contribution in [0.1, 0.15) is 25.5 Å². The lowest BCUT2D eigenvalue weighted by Gasteiger charge is -2.17. The van der Waals surface area contributed by atoms with Crippen LogP contribution < -0.4 is 5.73 Å². The van der Waals surface area contributed by atoms with Crippen molar-refractivity contribution in [2.24, 2.45) is 11.7 Å². The van der Waals surface area contributed by atoms with Gasteiger partial charge in [-0.1, -0.05) is 29.8 Å². The molecule has 1 aromatic carbocycles. The van der Waals surface area contributed by atoms with Crippen LogP contribution in [-0.4, -0.2) is 0 Å². The Morgan fingerprint density at radius 2 is 2.00 bits per heavy atom. The molecule has 1 atom stereocenters. The maximum Gasteiger partial charge on any atom is 0.0329 e. The number of hydrogen-bond acceptors (Lipinski definition) is 1. The summed E-state index contributed by atoms with van der Waals surface area (Å²) < 4.78 is 2.33. The topological polar surface area (TPSA) is 26.0 Å². The van der Waals surface area contributed by atoms with E-state index in [2.05, 4.69) is 64.5 Å². The Kier molecular flexibility index (Phi) is 4.19. The van der Waals surface area contributed by atoms with Crippen LogP contribution in [0, 0.1) is 9.49 Å². The molecule has 0 fully saturated rings. The summed E-state index contributed by atoms with van der Waals surface area (Å²) in [6, 6.07) is 6.36. The Bertz CT molecular complexity index is 299. The number of hydrogen-bond donors (Lipinski definition) is 1. The van der Waals surface area contributed by atoms with Crippen molar-refractivity contribution in [2.75, 3.05) is 0 Å². The van der Waals surface area contributed by atoms with Gasteiger partial charge in [-0.15, -0.1) is 0 Å². The van der Waals surface area contributed by atoms with Gasteiger partial charge in [0.05, 0.1) is 0 Å². The molecule has 1 aromatic rings. The molecule has 0 bridgehead atoms. The van der Waals surface area contributed by atoms with Crippen molar-refractivity contribution in [3.8, 4) is 0 Å². The van der Waals surface area contributed by atoms with Crippen molar-refractivity contribution in [2.45, 2.75) is 19.9 Å². The third-order valence-electron chi connectivity index (χ3n) is 2.04. The Balaban J connectivity index is 3.05. The molecule has 0 spiro atoms. The van der Waals surface area contributed by atoms with E-state index in [-0.39, 0.29) is 6.04 Å². The smallest absolute Gasteiger partial charge is 0.0329 e. The maximum atomic E-state index is 6.08. The van der Waals surface area contributed by atoms with E-state index in [9.17, 15) is 0 Å². The van der Waals surface area contributed by atoms with Gasteiger partial charge in [0.15, 0.2) is 0 Å². The van der Waals surface area contributed by atoms with E-state index >= 15 is 0 Å². The molecule has 0 amide bonds. The Morgan fingerprint density at radius 3 is 2.54 bits per heavy atom. The van der Waals surface area contributed by atoms with Crippen LogP contribution in [0.4, 0.5) is 0 Å². The SMILES string of the molecule is CC(C)[C@H](N)c1cc(Br)ccc1I. The lowest BCUT2D eigenvalue weighted by Crippen LogP contribution is -2.17. The summed E-state index contributed by atoms with van der Waals surface area (Å²) in [6.45, 7) is 4.28. The van der Waals surface area contributed by atoms with Gasteiger partial charge in [-0.2, -0.15) is 0 Å². The molecule has 0 aliphatic carbocycles. The molecule has 72 valence electrons. The van der Waals surface area contributed by atoms with E-state index < -0.39 is 0 Å². The predicted octanol–water partition coefficient (Wildman–Crippen LogP) is 3.71. The van der Waals surface area contributed by atoms with Crippen LogP contribution in [0.25, 0.3) is 0 Å². The van der Waals surface area contributed by atoms with Crippen LogP contribution in [0.2, 0.25) is 0 Å². The first-order chi connectivity index (χ1) is 6.02. The number of nitrogens with two attached hydrogens (primary N) is 1. The molecule has 0 radical (unpaired) electrons. The van der Waals surface area contributed by atoms with Crippen LogP contribution in [0.3, 0.4) is 0 Å². The molecule has 13 heavy (non-hydrogen) atoms. The highest BCUT2D eigenvalue weighted by molar-refractivity contribution is 14.1. The van der Waals surface area contributed by atoms with E-state index in [0.29, 0.717) is 5.92 Å². The summed E-state index contributed by atoms with van der Waals surface area (Å²) in [5.41, 5.74) is 7.31. The second kappa shape index (κ2) is 4.75. The molecule has 1 rings (SSSR count). The van der Waals surface area contributed by atoms with Gasteiger partial charge in [0.25, 0.3) is 0 Å². The van der Waals surface area contributed by atoms with Gasteiger partial charge in [0.2, 0.25) is 0 Å². The summed E-state index contributed by atoms with van der Waals surface area (Å²) in [4.78, 5) is 0. The van der Waals surface area contributed by atoms with Crippen molar-refractivity contribution in [3.05, 3.63) is 31.8 Å². The molecule has 0 aromatic heterocycles. The minimum atomic E-state index is 0.129. The zero-order valence-electron chi connectivity index (χ0n) is 7.72. The van der Waals surface area contributed by atoms with Gasteiger partial charge in [-0.25, -0.2) is 0 Å². The van der Waals surface area contributed by atoms with E-state index in [0.717, 1.165) is 4.47 Å². The minimum Gasteiger partial charge on any atom is -0.324 e. The van der Waals surface area contributed by atoms with Gasteiger partial charge >= 0.3 is 0 Å². The first kappa shape index (κ1) is 11.5. The lowest BCUT2D eigenvalue weighted by atomic mass is 9.97. The standard InChI is InChI=1S/C10H13BrIN/c1-6(2)10(13)8-5-7(11)3-4-9(8)12/h3-6,10H,13H2,1-2H3/t10-/m0/s1. The summed E-state index contributed by atoms with van der Waals surface area (Å²) in [5, 5.41) is 0. The molecule has 0 saturated heterocycles. The number of halogens is 2. The molecule has 1 nitrogen and oxygen atoms in total. The third-order valence-corrected chi connectivity index (χ3v) is 3.51. The zero-order chi connectivity index (χ0) is 10.0. The molecule has 0 unspecified atom stereocenters. The number of rotatable bonds is 2. The predicted molar refractivity (Wildman–Crippen MR) is 68.6 cm³/mol. The molecule has 0 heterocycles. The normalized spacial score (nSPS) is 13.4. The van der Waals surface area contributed by atoms with Crippen molar-refractivity contribution in [1.29, 1.82) is 0 Å². The molecule has 3 heteroatoms. The maximum absolute atomic E-state index is 6.08. The second-order valence-corrected chi connectivity index (χ2v) is 5.51. The third kappa shape index (κ3) is 2.92. The molecule has 2 N–H and O–H groups in total. The first-order valence-corrected chi connectivity index (χ1v) is 6.10. The Morgan fingerprint density at radius 1 is 1.38 bits per heavy atom. The summed E-state index contributed by atoms with van der Waals surface area (Å²) in [5.74, 6) is 0.475. The van der Waals surface area contributed by atoms with Gasteiger partial charge in [-0.3, -0.25) is 0 Å². The van der Waals surface area contributed by atoms with Crippen LogP contribution in [0.5, 0.6) is 0 Å². The molecule has 0 saturated carbocycles. The quantitative estimate of drug-likeness (QED) is 0.806. The highest BCUT2D eigenvalue weighted by Gasteiger charge is 2.13. The Labute approximate surface area is 101 Å². The van der Waals surface area contributed by atoms with E-state index in [1.54, 1.807) is 0 Å². The van der Waals surface area contributed by atoms with Gasteiger partial charge in [-0.05, 0) is 52.3 Å². The fraction of sp³-hybridized carbons (Fsp3) is 0.400. The van der Waals surface area contributed by atoms with E-state index in [1.807, 2.05) is 6.07 Å².